The Morgan fingerprint density at radius 2 is 1.93 bits per heavy atom. The first-order chi connectivity index (χ1) is 22.2. The van der Waals surface area contributed by atoms with Crippen LogP contribution in [0.3, 0.4) is 0 Å². The molecule has 0 bridgehead atoms. The van der Waals surface area contributed by atoms with E-state index in [1.807, 2.05) is 27.5 Å². The van der Waals surface area contributed by atoms with E-state index in [1.54, 1.807) is 30.3 Å². The molecular formula is C32H34FN7O5S. The summed E-state index contributed by atoms with van der Waals surface area (Å²) in [6.45, 7) is 3.47. The summed E-state index contributed by atoms with van der Waals surface area (Å²) in [5, 5.41) is 11.2. The lowest BCUT2D eigenvalue weighted by Crippen LogP contribution is -2.37. The van der Waals surface area contributed by atoms with Gasteiger partial charge in [0.15, 0.2) is 0 Å². The number of carbonyl (C=O) groups is 1. The predicted molar refractivity (Wildman–Crippen MR) is 166 cm³/mol. The molecule has 0 aliphatic carbocycles. The van der Waals surface area contributed by atoms with Crippen molar-refractivity contribution in [3.8, 4) is 11.9 Å². The summed E-state index contributed by atoms with van der Waals surface area (Å²) in [7, 11) is -2.71. The van der Waals surface area contributed by atoms with Gasteiger partial charge in [-0.3, -0.25) is 4.90 Å². The fraction of sp³-hybridized carbons (Fsp3) is 0.375. The number of hydrogen-bond donors (Lipinski definition) is 2. The molecule has 12 nitrogen and oxygen atoms in total. The molecule has 4 aromatic rings. The summed E-state index contributed by atoms with van der Waals surface area (Å²) in [5.41, 5.74) is 2.87. The van der Waals surface area contributed by atoms with Gasteiger partial charge in [0.1, 0.15) is 18.2 Å². The summed E-state index contributed by atoms with van der Waals surface area (Å²) in [4.78, 5) is 23.6. The van der Waals surface area contributed by atoms with Crippen molar-refractivity contribution in [3.63, 3.8) is 0 Å². The summed E-state index contributed by atoms with van der Waals surface area (Å²) >= 11 is 0. The highest BCUT2D eigenvalue weighted by Crippen LogP contribution is 2.30. The minimum atomic E-state index is -4.06. The van der Waals surface area contributed by atoms with Crippen molar-refractivity contribution in [3.05, 3.63) is 83.1 Å². The highest BCUT2D eigenvalue weighted by Gasteiger charge is 2.27. The van der Waals surface area contributed by atoms with E-state index in [4.69, 9.17) is 24.7 Å². The van der Waals surface area contributed by atoms with Crippen LogP contribution in [0, 0.1) is 17.1 Å². The number of benzene rings is 2. The molecule has 46 heavy (non-hydrogen) atoms. The maximum absolute atomic E-state index is 14.3. The number of nitrogens with one attached hydrogen (secondary N) is 2. The number of rotatable bonds is 10. The van der Waals surface area contributed by atoms with Gasteiger partial charge in [0.25, 0.3) is 10.0 Å². The number of fused-ring (bicyclic) bond motifs is 1. The molecule has 4 heterocycles. The van der Waals surface area contributed by atoms with Crippen molar-refractivity contribution in [1.82, 2.24) is 29.5 Å². The number of urea groups is 1. The topological polar surface area (TPSA) is 151 Å². The normalized spacial score (nSPS) is 17.3. The smallest absolute Gasteiger partial charge is 0.328 e. The minimum Gasteiger partial charge on any atom is -0.473 e. The second-order valence-corrected chi connectivity index (χ2v) is 13.1. The molecule has 2 aromatic carbocycles. The van der Waals surface area contributed by atoms with Crippen LogP contribution < -0.4 is 14.8 Å². The molecule has 0 unspecified atom stereocenters. The highest BCUT2D eigenvalue weighted by molar-refractivity contribution is 7.90. The lowest BCUT2D eigenvalue weighted by atomic mass is 9.93. The lowest BCUT2D eigenvalue weighted by molar-refractivity contribution is -0.0592. The maximum Gasteiger partial charge on any atom is 0.328 e. The number of halogens is 1. The number of likely N-dealkylation sites (tertiary alicyclic amines) is 1. The largest absolute Gasteiger partial charge is 0.473 e. The standard InChI is InChI=1S/C32H34FN7O5S/c1-35-32(41)38-46(42,43)25-7-8-28-29(16-25)40(18-24-11-14-44-24)30(36-28)19-39-12-9-22(10-13-39)27-3-2-4-31(37-27)45-20-23-6-5-21(17-34)15-26(23)33/h2-8,15-16,22,24H,9-14,18-20H2,1H3,(H2,35,38,41)/t24-/m0/s1. The van der Waals surface area contributed by atoms with E-state index in [2.05, 4.69) is 10.2 Å². The molecule has 240 valence electrons. The van der Waals surface area contributed by atoms with Crippen molar-refractivity contribution in [2.45, 2.75) is 55.9 Å². The quantitative estimate of drug-likeness (QED) is 0.262. The summed E-state index contributed by atoms with van der Waals surface area (Å²) in [6.07, 6.45) is 2.69. The molecular weight excluding hydrogens is 613 g/mol. The average Bonchev–Trinajstić information content (AvgIpc) is 3.38. The Hall–Kier alpha value is -4.58. The SMILES string of the molecule is CNC(=O)NS(=O)(=O)c1ccc2nc(CN3CCC(c4cccc(OCc5ccc(C#N)cc5F)n4)CC3)n(C[C@@H]3CCO3)c2c1. The van der Waals surface area contributed by atoms with Crippen LogP contribution in [0.1, 0.15) is 47.8 Å². The highest BCUT2D eigenvalue weighted by atomic mass is 32.2. The van der Waals surface area contributed by atoms with Gasteiger partial charge in [-0.25, -0.2) is 32.3 Å². The molecule has 6 rings (SSSR count). The number of hydrogen-bond acceptors (Lipinski definition) is 9. The Kier molecular flexibility index (Phi) is 9.16. The van der Waals surface area contributed by atoms with E-state index >= 15 is 0 Å². The molecule has 2 aliphatic rings. The second-order valence-electron chi connectivity index (χ2n) is 11.4. The van der Waals surface area contributed by atoms with Crippen LogP contribution in [0.5, 0.6) is 5.88 Å². The molecule has 2 aliphatic heterocycles. The summed E-state index contributed by atoms with van der Waals surface area (Å²) in [6, 6.07) is 15.7. The fourth-order valence-electron chi connectivity index (χ4n) is 5.72. The predicted octanol–water partition coefficient (Wildman–Crippen LogP) is 3.81. The zero-order valence-corrected chi connectivity index (χ0v) is 26.1. The molecule has 2 N–H and O–H groups in total. The van der Waals surface area contributed by atoms with Gasteiger partial charge in [-0.1, -0.05) is 12.1 Å². The van der Waals surface area contributed by atoms with Crippen LogP contribution in [0.15, 0.2) is 59.5 Å². The Morgan fingerprint density at radius 1 is 1.13 bits per heavy atom. The first kappa shape index (κ1) is 31.4. The van der Waals surface area contributed by atoms with Crippen LogP contribution in [-0.4, -0.2) is 66.7 Å². The van der Waals surface area contributed by atoms with E-state index in [0.717, 1.165) is 43.9 Å². The first-order valence-corrected chi connectivity index (χ1v) is 16.6. The third-order valence-electron chi connectivity index (χ3n) is 8.42. The van der Waals surface area contributed by atoms with Crippen LogP contribution in [0.4, 0.5) is 9.18 Å². The minimum absolute atomic E-state index is 0.0113. The Bertz CT molecular complexity index is 1900. The van der Waals surface area contributed by atoms with E-state index in [-0.39, 0.29) is 29.1 Å². The van der Waals surface area contributed by atoms with Gasteiger partial charge in [0, 0.05) is 36.9 Å². The molecule has 0 spiro atoms. The van der Waals surface area contributed by atoms with E-state index in [0.29, 0.717) is 42.2 Å². The van der Waals surface area contributed by atoms with Gasteiger partial charge < -0.3 is 19.4 Å². The number of nitriles is 1. The Labute approximate surface area is 266 Å². The molecule has 1 atom stereocenters. The molecule has 2 amide bonds. The van der Waals surface area contributed by atoms with Crippen LogP contribution in [-0.2, 0) is 34.5 Å². The third kappa shape index (κ3) is 6.96. The van der Waals surface area contributed by atoms with Crippen molar-refractivity contribution >= 4 is 27.1 Å². The first-order valence-electron chi connectivity index (χ1n) is 15.1. The third-order valence-corrected chi connectivity index (χ3v) is 9.75. The van der Waals surface area contributed by atoms with Gasteiger partial charge in [-0.15, -0.1) is 0 Å². The fourth-order valence-corrected chi connectivity index (χ4v) is 6.70. The molecule has 0 saturated carbocycles. The van der Waals surface area contributed by atoms with Gasteiger partial charge in [0.05, 0.1) is 46.8 Å². The van der Waals surface area contributed by atoms with E-state index in [1.165, 1.54) is 19.2 Å². The zero-order chi connectivity index (χ0) is 32.3. The van der Waals surface area contributed by atoms with Gasteiger partial charge in [-0.05, 0) is 68.8 Å². The molecule has 2 fully saturated rings. The monoisotopic (exact) mass is 647 g/mol. The Balaban J connectivity index is 1.13. The molecule has 2 saturated heterocycles. The van der Waals surface area contributed by atoms with Crippen molar-refractivity contribution < 1.29 is 27.1 Å². The number of carbonyl (C=O) groups excluding carboxylic acids is 1. The lowest BCUT2D eigenvalue weighted by Gasteiger charge is -2.32. The van der Waals surface area contributed by atoms with Crippen molar-refractivity contribution in [2.24, 2.45) is 0 Å². The van der Waals surface area contributed by atoms with Crippen LogP contribution >= 0.6 is 0 Å². The number of imidazole rings is 1. The van der Waals surface area contributed by atoms with Crippen LogP contribution in [0.25, 0.3) is 11.0 Å². The van der Waals surface area contributed by atoms with Crippen molar-refractivity contribution in [1.29, 1.82) is 5.26 Å². The van der Waals surface area contributed by atoms with E-state index < -0.39 is 21.9 Å². The second kappa shape index (κ2) is 13.4. The van der Waals surface area contributed by atoms with Gasteiger partial charge in [-0.2, -0.15) is 5.26 Å². The summed E-state index contributed by atoms with van der Waals surface area (Å²) in [5.74, 6) is 0.984. The van der Waals surface area contributed by atoms with Crippen molar-refractivity contribution in [2.75, 3.05) is 26.7 Å². The number of pyridine rings is 1. The molecule has 0 radical (unpaired) electrons. The summed E-state index contributed by atoms with van der Waals surface area (Å²) < 4.78 is 55.4. The van der Waals surface area contributed by atoms with Gasteiger partial charge in [0.2, 0.25) is 5.88 Å². The number of aromatic nitrogens is 3. The van der Waals surface area contributed by atoms with E-state index in [9.17, 15) is 17.6 Å². The number of piperidine rings is 1. The van der Waals surface area contributed by atoms with Crippen LogP contribution in [0.2, 0.25) is 0 Å². The number of amides is 2. The molecule has 2 aromatic heterocycles. The average molecular weight is 648 g/mol. The number of sulfonamides is 1. The molecule has 14 heteroatoms. The zero-order valence-electron chi connectivity index (χ0n) is 25.3. The van der Waals surface area contributed by atoms with Gasteiger partial charge >= 0.3 is 6.03 Å². The maximum atomic E-state index is 14.3. The Morgan fingerprint density at radius 3 is 2.63 bits per heavy atom. The number of nitrogens with zero attached hydrogens (tertiary/aromatic N) is 5. The number of ether oxygens (including phenoxy) is 2.